The molecule has 1 fully saturated rings. The lowest BCUT2D eigenvalue weighted by Crippen LogP contribution is -2.43. The van der Waals surface area contributed by atoms with Gasteiger partial charge in [-0.05, 0) is 25.3 Å². The molecule has 88 valence electrons. The van der Waals surface area contributed by atoms with E-state index in [1.165, 1.54) is 4.90 Å². The Kier molecular flexibility index (Phi) is 4.38. The third kappa shape index (κ3) is 5.01. The maximum Gasteiger partial charge on any atom is 0.401 e. The molecule has 3 nitrogen and oxygen atoms in total. The number of hydrogen-bond acceptors (Lipinski definition) is 2. The van der Waals surface area contributed by atoms with Gasteiger partial charge in [0, 0.05) is 13.1 Å². The molecule has 0 saturated carbocycles. The van der Waals surface area contributed by atoms with Gasteiger partial charge in [0.25, 0.3) is 0 Å². The number of carbonyl (C=O) groups is 1. The predicted octanol–water partition coefficient (Wildman–Crippen LogP) is 1.01. The van der Waals surface area contributed by atoms with Crippen molar-refractivity contribution in [3.05, 3.63) is 0 Å². The molecular formula is C9H15F3N2O. The van der Waals surface area contributed by atoms with Crippen molar-refractivity contribution in [1.82, 2.24) is 10.2 Å². The van der Waals surface area contributed by atoms with E-state index in [4.69, 9.17) is 0 Å². The highest BCUT2D eigenvalue weighted by molar-refractivity contribution is 5.45. The number of amides is 1. The fraction of sp³-hybridized carbons (Fsp3) is 0.889. The van der Waals surface area contributed by atoms with Crippen LogP contribution in [0.4, 0.5) is 13.2 Å². The number of hydrogen-bond donors (Lipinski definition) is 1. The van der Waals surface area contributed by atoms with Crippen LogP contribution in [-0.2, 0) is 4.79 Å². The third-order valence-corrected chi connectivity index (χ3v) is 2.50. The molecule has 1 atom stereocenters. The van der Waals surface area contributed by atoms with Gasteiger partial charge in [0.2, 0.25) is 6.41 Å². The first-order valence-corrected chi connectivity index (χ1v) is 4.97. The molecule has 0 aromatic rings. The standard InChI is InChI=1S/C9H15F3N2O/c10-9(11,12)6-14-3-1-2-8(5-14)4-13-7-15/h7-8H,1-6H2,(H,13,15). The van der Waals surface area contributed by atoms with Crippen LogP contribution in [0.5, 0.6) is 0 Å². The molecule has 0 aromatic carbocycles. The van der Waals surface area contributed by atoms with Gasteiger partial charge in [-0.3, -0.25) is 9.69 Å². The number of alkyl halides is 3. The fourth-order valence-electron chi connectivity index (χ4n) is 1.93. The molecule has 0 radical (unpaired) electrons. The molecule has 1 heterocycles. The Hall–Kier alpha value is -0.780. The summed E-state index contributed by atoms with van der Waals surface area (Å²) in [6.07, 6.45) is -1.89. The van der Waals surface area contributed by atoms with E-state index < -0.39 is 12.7 Å². The maximum atomic E-state index is 12.1. The summed E-state index contributed by atoms with van der Waals surface area (Å²) in [6, 6.07) is 0. The van der Waals surface area contributed by atoms with Gasteiger partial charge in [-0.2, -0.15) is 13.2 Å². The molecule has 1 aliphatic heterocycles. The molecule has 0 spiro atoms. The minimum absolute atomic E-state index is 0.145. The van der Waals surface area contributed by atoms with Gasteiger partial charge < -0.3 is 5.32 Å². The van der Waals surface area contributed by atoms with Crippen LogP contribution >= 0.6 is 0 Å². The van der Waals surface area contributed by atoms with Crippen molar-refractivity contribution in [3.8, 4) is 0 Å². The van der Waals surface area contributed by atoms with E-state index in [0.717, 1.165) is 12.8 Å². The van der Waals surface area contributed by atoms with E-state index in [0.29, 0.717) is 26.0 Å². The second-order valence-corrected chi connectivity index (χ2v) is 3.88. The van der Waals surface area contributed by atoms with Crippen LogP contribution in [-0.4, -0.2) is 43.7 Å². The highest BCUT2D eigenvalue weighted by atomic mass is 19.4. The van der Waals surface area contributed by atoms with Crippen LogP contribution in [0.1, 0.15) is 12.8 Å². The monoisotopic (exact) mass is 224 g/mol. The lowest BCUT2D eigenvalue weighted by molar-refractivity contribution is -0.149. The fourth-order valence-corrected chi connectivity index (χ4v) is 1.93. The second-order valence-electron chi connectivity index (χ2n) is 3.88. The summed E-state index contributed by atoms with van der Waals surface area (Å²) in [4.78, 5) is 11.5. The van der Waals surface area contributed by atoms with Gasteiger partial charge in [0.05, 0.1) is 6.54 Å². The Balaban J connectivity index is 2.32. The number of nitrogens with zero attached hydrogens (tertiary/aromatic N) is 1. The Labute approximate surface area is 86.6 Å². The van der Waals surface area contributed by atoms with E-state index in [2.05, 4.69) is 5.32 Å². The summed E-state index contributed by atoms with van der Waals surface area (Å²) in [6.45, 7) is 0.542. The van der Waals surface area contributed by atoms with Gasteiger partial charge >= 0.3 is 6.18 Å². The molecule has 1 N–H and O–H groups in total. The molecule has 1 amide bonds. The van der Waals surface area contributed by atoms with E-state index in [-0.39, 0.29) is 5.92 Å². The van der Waals surface area contributed by atoms with Crippen molar-refractivity contribution in [2.45, 2.75) is 19.0 Å². The normalized spacial score (nSPS) is 23.8. The smallest absolute Gasteiger partial charge is 0.358 e. The van der Waals surface area contributed by atoms with Crippen molar-refractivity contribution in [1.29, 1.82) is 0 Å². The zero-order valence-corrected chi connectivity index (χ0v) is 8.39. The first kappa shape index (κ1) is 12.3. The van der Waals surface area contributed by atoms with Crippen LogP contribution in [0.2, 0.25) is 0 Å². The van der Waals surface area contributed by atoms with Crippen molar-refractivity contribution in [2.24, 2.45) is 5.92 Å². The van der Waals surface area contributed by atoms with Gasteiger partial charge in [0.1, 0.15) is 0 Å². The molecule has 1 unspecified atom stereocenters. The lowest BCUT2D eigenvalue weighted by atomic mass is 9.98. The van der Waals surface area contributed by atoms with Crippen molar-refractivity contribution < 1.29 is 18.0 Å². The van der Waals surface area contributed by atoms with Gasteiger partial charge in [0.15, 0.2) is 0 Å². The molecular weight excluding hydrogens is 209 g/mol. The Morgan fingerprint density at radius 1 is 1.47 bits per heavy atom. The summed E-state index contributed by atoms with van der Waals surface area (Å²) in [7, 11) is 0. The first-order chi connectivity index (χ1) is 7.01. The number of piperidine rings is 1. The first-order valence-electron chi connectivity index (χ1n) is 4.97. The number of carbonyl (C=O) groups excluding carboxylic acids is 1. The molecule has 1 saturated heterocycles. The Morgan fingerprint density at radius 3 is 2.80 bits per heavy atom. The molecule has 1 rings (SSSR count). The number of likely N-dealkylation sites (tertiary alicyclic amines) is 1. The predicted molar refractivity (Wildman–Crippen MR) is 49.3 cm³/mol. The van der Waals surface area contributed by atoms with Gasteiger partial charge in [-0.15, -0.1) is 0 Å². The van der Waals surface area contributed by atoms with Crippen LogP contribution in [0.25, 0.3) is 0 Å². The zero-order chi connectivity index (χ0) is 11.3. The van der Waals surface area contributed by atoms with Crippen molar-refractivity contribution >= 4 is 6.41 Å². The number of rotatable bonds is 4. The number of nitrogens with one attached hydrogen (secondary N) is 1. The molecule has 6 heteroatoms. The van der Waals surface area contributed by atoms with Crippen LogP contribution in [0.3, 0.4) is 0 Å². The summed E-state index contributed by atoms with van der Waals surface area (Å²) < 4.78 is 36.3. The Bertz CT molecular complexity index is 208. The quantitative estimate of drug-likeness (QED) is 0.723. The topological polar surface area (TPSA) is 32.3 Å². The van der Waals surface area contributed by atoms with E-state index in [1.54, 1.807) is 0 Å². The Morgan fingerprint density at radius 2 is 2.20 bits per heavy atom. The van der Waals surface area contributed by atoms with E-state index >= 15 is 0 Å². The molecule has 1 aliphatic rings. The summed E-state index contributed by atoms with van der Waals surface area (Å²) >= 11 is 0. The maximum absolute atomic E-state index is 12.1. The van der Waals surface area contributed by atoms with Crippen LogP contribution in [0, 0.1) is 5.92 Å². The van der Waals surface area contributed by atoms with E-state index in [9.17, 15) is 18.0 Å². The van der Waals surface area contributed by atoms with E-state index in [1.807, 2.05) is 0 Å². The lowest BCUT2D eigenvalue weighted by Gasteiger charge is -2.32. The SMILES string of the molecule is O=CNCC1CCCN(CC(F)(F)F)C1. The summed E-state index contributed by atoms with van der Waals surface area (Å²) in [5.41, 5.74) is 0. The molecule has 15 heavy (non-hydrogen) atoms. The van der Waals surface area contributed by atoms with Gasteiger partial charge in [-0.1, -0.05) is 0 Å². The average molecular weight is 224 g/mol. The second kappa shape index (κ2) is 5.34. The average Bonchev–Trinajstić information content (AvgIpc) is 2.12. The van der Waals surface area contributed by atoms with Gasteiger partial charge in [-0.25, -0.2) is 0 Å². The van der Waals surface area contributed by atoms with Crippen LogP contribution < -0.4 is 5.32 Å². The zero-order valence-electron chi connectivity index (χ0n) is 8.39. The highest BCUT2D eigenvalue weighted by Crippen LogP contribution is 2.21. The molecule has 0 aliphatic carbocycles. The molecule has 0 bridgehead atoms. The summed E-state index contributed by atoms with van der Waals surface area (Å²) in [5.74, 6) is 0.145. The largest absolute Gasteiger partial charge is 0.401 e. The summed E-state index contributed by atoms with van der Waals surface area (Å²) in [5, 5.41) is 2.51. The minimum Gasteiger partial charge on any atom is -0.358 e. The number of halogens is 3. The highest BCUT2D eigenvalue weighted by Gasteiger charge is 2.32. The third-order valence-electron chi connectivity index (χ3n) is 2.50. The van der Waals surface area contributed by atoms with Crippen molar-refractivity contribution in [2.75, 3.05) is 26.2 Å². The minimum atomic E-state index is -4.13. The molecule has 0 aromatic heterocycles. The van der Waals surface area contributed by atoms with Crippen molar-refractivity contribution in [3.63, 3.8) is 0 Å². The van der Waals surface area contributed by atoms with Crippen LogP contribution in [0.15, 0.2) is 0 Å².